The minimum atomic E-state index is 0.0826. The van der Waals surface area contributed by atoms with Gasteiger partial charge in [-0.1, -0.05) is 30.3 Å². The van der Waals surface area contributed by atoms with Crippen LogP contribution in [0.5, 0.6) is 5.75 Å². The molecule has 0 aliphatic carbocycles. The average Bonchev–Trinajstić information content (AvgIpc) is 2.64. The first-order valence-electron chi connectivity index (χ1n) is 8.69. The number of carbonyl (C=O) groups excluding carboxylic acids is 1. The lowest BCUT2D eigenvalue weighted by molar-refractivity contribution is -0.133. The highest BCUT2D eigenvalue weighted by atomic mass is 16.5. The van der Waals surface area contributed by atoms with Gasteiger partial charge in [0, 0.05) is 25.4 Å². The zero-order valence-corrected chi connectivity index (χ0v) is 13.9. The molecule has 1 unspecified atom stereocenters. The van der Waals surface area contributed by atoms with Crippen molar-refractivity contribution < 1.29 is 9.53 Å². The van der Waals surface area contributed by atoms with Gasteiger partial charge in [0.2, 0.25) is 5.91 Å². The Balaban J connectivity index is 1.44. The Morgan fingerprint density at radius 2 is 1.96 bits per heavy atom. The number of nitrogens with zero attached hydrogens (tertiary/aromatic N) is 2. The van der Waals surface area contributed by atoms with Gasteiger partial charge in [0.15, 0.2) is 0 Å². The van der Waals surface area contributed by atoms with Crippen molar-refractivity contribution in [2.45, 2.75) is 38.2 Å². The van der Waals surface area contributed by atoms with E-state index < -0.39 is 0 Å². The van der Waals surface area contributed by atoms with E-state index in [4.69, 9.17) is 4.74 Å². The van der Waals surface area contributed by atoms with Gasteiger partial charge in [0.25, 0.3) is 0 Å². The molecule has 1 aromatic heterocycles. The second kappa shape index (κ2) is 8.48. The number of piperidine rings is 1. The zero-order valence-electron chi connectivity index (χ0n) is 13.9. The quantitative estimate of drug-likeness (QED) is 0.817. The number of likely N-dealkylation sites (tertiary alicyclic amines) is 1. The number of benzene rings is 1. The number of hydrogen-bond donors (Lipinski definition) is 0. The fourth-order valence-corrected chi connectivity index (χ4v) is 3.12. The van der Waals surface area contributed by atoms with Crippen LogP contribution in [0.15, 0.2) is 54.9 Å². The average molecular weight is 324 g/mol. The van der Waals surface area contributed by atoms with E-state index in [1.807, 2.05) is 35.2 Å². The Bertz CT molecular complexity index is 631. The van der Waals surface area contributed by atoms with Crippen LogP contribution in [0.25, 0.3) is 0 Å². The van der Waals surface area contributed by atoms with Gasteiger partial charge in [-0.3, -0.25) is 9.78 Å². The number of pyridine rings is 1. The van der Waals surface area contributed by atoms with E-state index in [1.165, 1.54) is 5.56 Å². The van der Waals surface area contributed by atoms with Crippen LogP contribution in [0.1, 0.15) is 31.2 Å². The standard InChI is InChI=1S/C20H24N2O2/c23-20(10-4-8-17-6-2-1-3-7-17)22-15-5-9-19(16-22)24-18-11-13-21-14-12-18/h1-3,6-7,11-14,19H,4-5,8-10,15-16H2. The van der Waals surface area contributed by atoms with Gasteiger partial charge < -0.3 is 9.64 Å². The van der Waals surface area contributed by atoms with Crippen molar-refractivity contribution in [3.8, 4) is 5.75 Å². The molecule has 1 aliphatic rings. The number of aromatic nitrogens is 1. The van der Waals surface area contributed by atoms with Crippen LogP contribution in [0.4, 0.5) is 0 Å². The molecule has 2 aromatic rings. The number of amides is 1. The molecule has 4 heteroatoms. The summed E-state index contributed by atoms with van der Waals surface area (Å²) in [6, 6.07) is 14.1. The SMILES string of the molecule is O=C(CCCc1ccccc1)N1CCCC(Oc2ccncc2)C1. The van der Waals surface area contributed by atoms with Crippen molar-refractivity contribution in [2.75, 3.05) is 13.1 Å². The predicted octanol–water partition coefficient (Wildman–Crippen LogP) is 3.47. The monoisotopic (exact) mass is 324 g/mol. The number of rotatable bonds is 6. The first-order chi connectivity index (χ1) is 11.8. The van der Waals surface area contributed by atoms with E-state index in [2.05, 4.69) is 17.1 Å². The number of ether oxygens (including phenoxy) is 1. The summed E-state index contributed by atoms with van der Waals surface area (Å²) in [6.45, 7) is 1.53. The van der Waals surface area contributed by atoms with E-state index >= 15 is 0 Å². The van der Waals surface area contributed by atoms with Crippen molar-refractivity contribution in [1.29, 1.82) is 0 Å². The lowest BCUT2D eigenvalue weighted by Crippen LogP contribution is -2.44. The molecule has 0 bridgehead atoms. The van der Waals surface area contributed by atoms with Gasteiger partial charge >= 0.3 is 0 Å². The van der Waals surface area contributed by atoms with Gasteiger partial charge in [0.1, 0.15) is 11.9 Å². The Labute approximate surface area is 143 Å². The van der Waals surface area contributed by atoms with Gasteiger partial charge in [0.05, 0.1) is 6.54 Å². The van der Waals surface area contributed by atoms with Crippen LogP contribution in [0, 0.1) is 0 Å². The van der Waals surface area contributed by atoms with Gasteiger partial charge in [-0.25, -0.2) is 0 Å². The number of carbonyl (C=O) groups is 1. The third kappa shape index (κ3) is 4.82. The molecule has 0 spiro atoms. The maximum Gasteiger partial charge on any atom is 0.222 e. The fourth-order valence-electron chi connectivity index (χ4n) is 3.12. The molecule has 126 valence electrons. The third-order valence-corrected chi connectivity index (χ3v) is 4.38. The second-order valence-corrected chi connectivity index (χ2v) is 6.24. The van der Waals surface area contributed by atoms with Crippen molar-refractivity contribution in [3.05, 3.63) is 60.4 Å². The van der Waals surface area contributed by atoms with Crippen molar-refractivity contribution in [3.63, 3.8) is 0 Å². The zero-order chi connectivity index (χ0) is 16.6. The molecule has 2 heterocycles. The summed E-state index contributed by atoms with van der Waals surface area (Å²) in [5.41, 5.74) is 1.29. The molecule has 4 nitrogen and oxygen atoms in total. The first kappa shape index (κ1) is 16.5. The van der Waals surface area contributed by atoms with Gasteiger partial charge in [-0.15, -0.1) is 0 Å². The summed E-state index contributed by atoms with van der Waals surface area (Å²) in [5.74, 6) is 1.07. The highest BCUT2D eigenvalue weighted by Crippen LogP contribution is 2.18. The molecular weight excluding hydrogens is 300 g/mol. The number of hydrogen-bond acceptors (Lipinski definition) is 3. The van der Waals surface area contributed by atoms with Crippen molar-refractivity contribution in [1.82, 2.24) is 9.88 Å². The molecule has 1 amide bonds. The highest BCUT2D eigenvalue weighted by molar-refractivity contribution is 5.76. The molecule has 0 N–H and O–H groups in total. The normalized spacial score (nSPS) is 17.5. The molecule has 3 rings (SSSR count). The summed E-state index contributed by atoms with van der Waals surface area (Å²) in [4.78, 5) is 18.4. The maximum atomic E-state index is 12.4. The van der Waals surface area contributed by atoms with E-state index in [0.29, 0.717) is 13.0 Å². The Hall–Kier alpha value is -2.36. The fraction of sp³-hybridized carbons (Fsp3) is 0.400. The van der Waals surface area contributed by atoms with E-state index in [0.717, 1.165) is 38.0 Å². The smallest absolute Gasteiger partial charge is 0.222 e. The van der Waals surface area contributed by atoms with Gasteiger partial charge in [-0.2, -0.15) is 0 Å². The summed E-state index contributed by atoms with van der Waals surface area (Å²) in [5, 5.41) is 0. The lowest BCUT2D eigenvalue weighted by Gasteiger charge is -2.33. The Kier molecular flexibility index (Phi) is 5.83. The Morgan fingerprint density at radius 3 is 2.75 bits per heavy atom. The van der Waals surface area contributed by atoms with Crippen LogP contribution in [0.2, 0.25) is 0 Å². The first-order valence-corrected chi connectivity index (χ1v) is 8.69. The molecule has 1 fully saturated rings. The van der Waals surface area contributed by atoms with Gasteiger partial charge in [-0.05, 0) is 43.4 Å². The molecule has 1 saturated heterocycles. The van der Waals surface area contributed by atoms with Crippen LogP contribution in [-0.2, 0) is 11.2 Å². The van der Waals surface area contributed by atoms with Crippen molar-refractivity contribution >= 4 is 5.91 Å². The molecule has 1 aromatic carbocycles. The highest BCUT2D eigenvalue weighted by Gasteiger charge is 2.24. The Morgan fingerprint density at radius 1 is 1.17 bits per heavy atom. The minimum Gasteiger partial charge on any atom is -0.488 e. The molecule has 0 saturated carbocycles. The number of aryl methyl sites for hydroxylation is 1. The largest absolute Gasteiger partial charge is 0.488 e. The summed E-state index contributed by atoms with van der Waals surface area (Å²) < 4.78 is 5.98. The summed E-state index contributed by atoms with van der Waals surface area (Å²) >= 11 is 0. The van der Waals surface area contributed by atoms with Crippen LogP contribution in [0.3, 0.4) is 0 Å². The molecule has 24 heavy (non-hydrogen) atoms. The van der Waals surface area contributed by atoms with E-state index in [-0.39, 0.29) is 12.0 Å². The minimum absolute atomic E-state index is 0.0826. The third-order valence-electron chi connectivity index (χ3n) is 4.38. The molecular formula is C20H24N2O2. The van der Waals surface area contributed by atoms with Crippen molar-refractivity contribution in [2.24, 2.45) is 0 Å². The molecule has 1 aliphatic heterocycles. The predicted molar refractivity (Wildman–Crippen MR) is 93.8 cm³/mol. The summed E-state index contributed by atoms with van der Waals surface area (Å²) in [6.07, 6.45) is 7.99. The van der Waals surface area contributed by atoms with E-state index in [9.17, 15) is 4.79 Å². The molecule has 0 radical (unpaired) electrons. The van der Waals surface area contributed by atoms with Crippen LogP contribution in [-0.4, -0.2) is 35.0 Å². The maximum absolute atomic E-state index is 12.4. The second-order valence-electron chi connectivity index (χ2n) is 6.24. The van der Waals surface area contributed by atoms with Crippen LogP contribution >= 0.6 is 0 Å². The lowest BCUT2D eigenvalue weighted by atomic mass is 10.1. The molecule has 1 atom stereocenters. The van der Waals surface area contributed by atoms with E-state index in [1.54, 1.807) is 12.4 Å². The van der Waals surface area contributed by atoms with Crippen LogP contribution < -0.4 is 4.74 Å². The summed E-state index contributed by atoms with van der Waals surface area (Å²) in [7, 11) is 0. The topological polar surface area (TPSA) is 42.4 Å².